The van der Waals surface area contributed by atoms with Gasteiger partial charge in [-0.3, -0.25) is 4.79 Å². The first kappa shape index (κ1) is 16.4. The number of rotatable bonds is 5. The van der Waals surface area contributed by atoms with E-state index in [4.69, 9.17) is 0 Å². The highest BCUT2D eigenvalue weighted by atomic mass is 79.9. The Labute approximate surface area is 147 Å². The van der Waals surface area contributed by atoms with E-state index in [1.54, 1.807) is 29.1 Å². The van der Waals surface area contributed by atoms with Crippen LogP contribution in [-0.2, 0) is 17.8 Å². The lowest BCUT2D eigenvalue weighted by molar-refractivity contribution is -0.115. The van der Waals surface area contributed by atoms with Crippen molar-refractivity contribution in [1.29, 1.82) is 0 Å². The van der Waals surface area contributed by atoms with Gasteiger partial charge in [0.25, 0.3) is 0 Å². The van der Waals surface area contributed by atoms with E-state index in [1.165, 1.54) is 12.1 Å². The van der Waals surface area contributed by atoms with Gasteiger partial charge in [0.05, 0.1) is 19.2 Å². The Kier molecular flexibility index (Phi) is 5.05. The van der Waals surface area contributed by atoms with Crippen LogP contribution >= 0.6 is 15.9 Å². The maximum absolute atomic E-state index is 13.2. The van der Waals surface area contributed by atoms with Gasteiger partial charge >= 0.3 is 0 Å². The number of carbonyl (C=O) groups excluding carboxylic acids is 1. The molecule has 0 spiro atoms. The summed E-state index contributed by atoms with van der Waals surface area (Å²) >= 11 is 3.50. The molecule has 0 atom stereocenters. The number of nitrogens with one attached hydrogen (secondary N) is 1. The number of hydrogen-bond acceptors (Lipinski definition) is 2. The molecule has 3 rings (SSSR count). The zero-order valence-corrected chi connectivity index (χ0v) is 14.3. The number of benzene rings is 2. The highest BCUT2D eigenvalue weighted by Crippen LogP contribution is 2.19. The third-order valence-corrected chi connectivity index (χ3v) is 4.29. The molecule has 0 aliphatic carbocycles. The number of aromatic nitrogens is 2. The van der Waals surface area contributed by atoms with Crippen molar-refractivity contribution in [2.75, 3.05) is 5.32 Å². The normalized spacial score (nSPS) is 10.6. The predicted molar refractivity (Wildman–Crippen MR) is 94.2 cm³/mol. The van der Waals surface area contributed by atoms with Crippen LogP contribution < -0.4 is 5.32 Å². The zero-order chi connectivity index (χ0) is 16.9. The third-order valence-electron chi connectivity index (χ3n) is 3.52. The van der Waals surface area contributed by atoms with Crippen LogP contribution in [0.1, 0.15) is 11.1 Å². The molecule has 1 N–H and O–H groups in total. The molecule has 1 heterocycles. The molecule has 0 unspecified atom stereocenters. The molecule has 0 aliphatic heterocycles. The Hall–Kier alpha value is -2.47. The summed E-state index contributed by atoms with van der Waals surface area (Å²) in [5.41, 5.74) is 1.69. The SMILES string of the molecule is O=C(Cc1cccc(F)c1)Nc1ccnn1Cc1ccccc1Br. The quantitative estimate of drug-likeness (QED) is 0.718. The van der Waals surface area contributed by atoms with Crippen LogP contribution in [0.5, 0.6) is 0 Å². The summed E-state index contributed by atoms with van der Waals surface area (Å²) in [5, 5.41) is 7.07. The van der Waals surface area contributed by atoms with Gasteiger partial charge in [0.1, 0.15) is 11.6 Å². The number of amides is 1. The van der Waals surface area contributed by atoms with Crippen LogP contribution in [0.4, 0.5) is 10.2 Å². The van der Waals surface area contributed by atoms with E-state index in [1.807, 2.05) is 24.3 Å². The first-order valence-corrected chi connectivity index (χ1v) is 8.20. The Morgan fingerprint density at radius 1 is 1.17 bits per heavy atom. The molecule has 0 aliphatic rings. The zero-order valence-electron chi connectivity index (χ0n) is 12.7. The van der Waals surface area contributed by atoms with Crippen LogP contribution in [0, 0.1) is 5.82 Å². The van der Waals surface area contributed by atoms with E-state index in [2.05, 4.69) is 26.3 Å². The second kappa shape index (κ2) is 7.40. The van der Waals surface area contributed by atoms with Crippen LogP contribution in [-0.4, -0.2) is 15.7 Å². The van der Waals surface area contributed by atoms with Gasteiger partial charge in [-0.2, -0.15) is 5.10 Å². The van der Waals surface area contributed by atoms with E-state index < -0.39 is 0 Å². The molecule has 0 fully saturated rings. The molecule has 1 aromatic heterocycles. The van der Waals surface area contributed by atoms with Gasteiger partial charge < -0.3 is 5.32 Å². The summed E-state index contributed by atoms with van der Waals surface area (Å²) in [6.45, 7) is 0.532. The minimum absolute atomic E-state index is 0.109. The number of hydrogen-bond donors (Lipinski definition) is 1. The smallest absolute Gasteiger partial charge is 0.229 e. The fraction of sp³-hybridized carbons (Fsp3) is 0.111. The van der Waals surface area contributed by atoms with Crippen molar-refractivity contribution in [2.45, 2.75) is 13.0 Å². The molecule has 24 heavy (non-hydrogen) atoms. The molecule has 0 radical (unpaired) electrons. The molecular formula is C18H15BrFN3O. The Morgan fingerprint density at radius 2 is 2.00 bits per heavy atom. The topological polar surface area (TPSA) is 46.9 Å². The number of halogens is 2. The Morgan fingerprint density at radius 3 is 2.79 bits per heavy atom. The van der Waals surface area contributed by atoms with Gasteiger partial charge in [-0.1, -0.05) is 46.3 Å². The fourth-order valence-electron chi connectivity index (χ4n) is 2.37. The van der Waals surface area contributed by atoms with Gasteiger partial charge in [0, 0.05) is 10.5 Å². The average Bonchev–Trinajstić information content (AvgIpc) is 2.96. The van der Waals surface area contributed by atoms with E-state index in [0.717, 1.165) is 10.0 Å². The predicted octanol–water partition coefficient (Wildman–Crippen LogP) is 4.01. The largest absolute Gasteiger partial charge is 0.311 e. The molecule has 3 aromatic rings. The van der Waals surface area contributed by atoms with Crippen molar-refractivity contribution >= 4 is 27.7 Å². The van der Waals surface area contributed by atoms with E-state index >= 15 is 0 Å². The van der Waals surface area contributed by atoms with E-state index in [-0.39, 0.29) is 18.1 Å². The maximum Gasteiger partial charge on any atom is 0.229 e. The summed E-state index contributed by atoms with van der Waals surface area (Å²) in [5.74, 6) is 0.0425. The maximum atomic E-state index is 13.2. The Balaban J connectivity index is 1.69. The molecule has 122 valence electrons. The summed E-state index contributed by atoms with van der Waals surface area (Å²) < 4.78 is 15.9. The van der Waals surface area contributed by atoms with E-state index in [0.29, 0.717) is 17.9 Å². The van der Waals surface area contributed by atoms with Crippen molar-refractivity contribution < 1.29 is 9.18 Å². The highest BCUT2D eigenvalue weighted by Gasteiger charge is 2.10. The summed E-state index contributed by atoms with van der Waals surface area (Å²) in [6.07, 6.45) is 1.74. The third kappa shape index (κ3) is 4.08. The standard InChI is InChI=1S/C18H15BrFN3O/c19-16-7-2-1-5-14(16)12-23-17(8-9-21-23)22-18(24)11-13-4-3-6-15(20)10-13/h1-10H,11-12H2,(H,22,24). The first-order valence-electron chi connectivity index (χ1n) is 7.41. The van der Waals surface area contributed by atoms with Gasteiger partial charge in [-0.25, -0.2) is 9.07 Å². The lowest BCUT2D eigenvalue weighted by atomic mass is 10.1. The van der Waals surface area contributed by atoms with Crippen LogP contribution in [0.2, 0.25) is 0 Å². The summed E-state index contributed by atoms with van der Waals surface area (Å²) in [6, 6.07) is 15.6. The Bertz CT molecular complexity index is 863. The lowest BCUT2D eigenvalue weighted by Crippen LogP contribution is -2.18. The summed E-state index contributed by atoms with van der Waals surface area (Å²) in [7, 11) is 0. The average molecular weight is 388 g/mol. The second-order valence-electron chi connectivity index (χ2n) is 5.32. The molecule has 1 amide bonds. The second-order valence-corrected chi connectivity index (χ2v) is 6.17. The molecule has 0 saturated carbocycles. The van der Waals surface area contributed by atoms with Crippen molar-refractivity contribution in [2.24, 2.45) is 0 Å². The molecule has 4 nitrogen and oxygen atoms in total. The van der Waals surface area contributed by atoms with Crippen molar-refractivity contribution in [1.82, 2.24) is 9.78 Å². The number of carbonyl (C=O) groups is 1. The minimum atomic E-state index is -0.348. The van der Waals surface area contributed by atoms with Crippen LogP contribution in [0.15, 0.2) is 65.3 Å². The van der Waals surface area contributed by atoms with Crippen LogP contribution in [0.3, 0.4) is 0 Å². The van der Waals surface area contributed by atoms with Crippen molar-refractivity contribution in [3.8, 4) is 0 Å². The minimum Gasteiger partial charge on any atom is -0.311 e. The first-order chi connectivity index (χ1) is 11.6. The molecule has 2 aromatic carbocycles. The molecular weight excluding hydrogens is 373 g/mol. The molecule has 0 bridgehead atoms. The fourth-order valence-corrected chi connectivity index (χ4v) is 2.78. The van der Waals surface area contributed by atoms with Gasteiger partial charge in [-0.05, 0) is 29.3 Å². The van der Waals surface area contributed by atoms with Crippen molar-refractivity contribution in [3.05, 3.63) is 82.2 Å². The number of nitrogens with zero attached hydrogens (tertiary/aromatic N) is 2. The monoisotopic (exact) mass is 387 g/mol. The van der Waals surface area contributed by atoms with Gasteiger partial charge in [0.2, 0.25) is 5.91 Å². The highest BCUT2D eigenvalue weighted by molar-refractivity contribution is 9.10. The van der Waals surface area contributed by atoms with Crippen molar-refractivity contribution in [3.63, 3.8) is 0 Å². The van der Waals surface area contributed by atoms with Gasteiger partial charge in [-0.15, -0.1) is 0 Å². The van der Waals surface area contributed by atoms with Crippen LogP contribution in [0.25, 0.3) is 0 Å². The molecule has 6 heteroatoms. The van der Waals surface area contributed by atoms with E-state index in [9.17, 15) is 9.18 Å². The molecule has 0 saturated heterocycles. The summed E-state index contributed by atoms with van der Waals surface area (Å²) in [4.78, 5) is 12.2. The lowest BCUT2D eigenvalue weighted by Gasteiger charge is -2.10. The van der Waals surface area contributed by atoms with Gasteiger partial charge in [0.15, 0.2) is 0 Å². The number of anilines is 1.